The van der Waals surface area contributed by atoms with Crippen molar-refractivity contribution in [1.29, 1.82) is 0 Å². The Bertz CT molecular complexity index is 258. The van der Waals surface area contributed by atoms with E-state index >= 15 is 0 Å². The minimum absolute atomic E-state index is 0.132. The Labute approximate surface area is 111 Å². The molecule has 0 spiro atoms. The first-order chi connectivity index (χ1) is 8.40. The van der Waals surface area contributed by atoms with Crippen LogP contribution in [0.15, 0.2) is 0 Å². The van der Waals surface area contributed by atoms with Crippen molar-refractivity contribution in [3.63, 3.8) is 0 Å². The number of hydrogen-bond donors (Lipinski definition) is 1. The lowest BCUT2D eigenvalue weighted by molar-refractivity contribution is -0.134. The molecule has 106 valence electrons. The highest BCUT2D eigenvalue weighted by Crippen LogP contribution is 2.09. The van der Waals surface area contributed by atoms with Gasteiger partial charge >= 0.3 is 0 Å². The third kappa shape index (κ3) is 4.94. The van der Waals surface area contributed by atoms with Crippen LogP contribution in [-0.4, -0.2) is 54.5 Å². The summed E-state index contributed by atoms with van der Waals surface area (Å²) in [6, 6.07) is -0.318. The number of nitrogens with two attached hydrogens (primary N) is 1. The van der Waals surface area contributed by atoms with Crippen LogP contribution in [0, 0.1) is 11.8 Å². The van der Waals surface area contributed by atoms with E-state index in [1.54, 1.807) is 0 Å². The van der Waals surface area contributed by atoms with Crippen molar-refractivity contribution in [2.24, 2.45) is 17.6 Å². The Morgan fingerprint density at radius 3 is 2.06 bits per heavy atom. The molecule has 4 heteroatoms. The lowest BCUT2D eigenvalue weighted by atomic mass is 10.0. The van der Waals surface area contributed by atoms with E-state index in [1.165, 1.54) is 0 Å². The van der Waals surface area contributed by atoms with Gasteiger partial charge in [-0.1, -0.05) is 27.7 Å². The van der Waals surface area contributed by atoms with Crippen LogP contribution in [0.3, 0.4) is 0 Å². The summed E-state index contributed by atoms with van der Waals surface area (Å²) in [7, 11) is 0. The molecule has 0 aromatic rings. The molecule has 0 bridgehead atoms. The van der Waals surface area contributed by atoms with E-state index in [2.05, 4.69) is 32.6 Å². The third-order valence-corrected chi connectivity index (χ3v) is 3.35. The smallest absolute Gasteiger partial charge is 0.239 e. The van der Waals surface area contributed by atoms with E-state index in [0.29, 0.717) is 11.8 Å². The minimum atomic E-state index is -0.318. The quantitative estimate of drug-likeness (QED) is 0.802. The summed E-state index contributed by atoms with van der Waals surface area (Å²) in [6.45, 7) is 13.4. The van der Waals surface area contributed by atoms with Gasteiger partial charge in [0, 0.05) is 32.7 Å². The van der Waals surface area contributed by atoms with E-state index in [0.717, 1.165) is 39.1 Å². The Morgan fingerprint density at radius 1 is 1.06 bits per heavy atom. The summed E-state index contributed by atoms with van der Waals surface area (Å²) < 4.78 is 0. The van der Waals surface area contributed by atoms with Gasteiger partial charge in [-0.2, -0.15) is 0 Å². The number of rotatable bonds is 5. The maximum atomic E-state index is 12.1. The van der Waals surface area contributed by atoms with Crippen LogP contribution in [0.5, 0.6) is 0 Å². The molecule has 1 aliphatic rings. The first kappa shape index (κ1) is 15.4. The molecule has 1 atom stereocenters. The van der Waals surface area contributed by atoms with Crippen LogP contribution in [0.2, 0.25) is 0 Å². The molecule has 0 radical (unpaired) electrons. The Kier molecular flexibility index (Phi) is 6.09. The number of carbonyl (C=O) groups excluding carboxylic acids is 1. The van der Waals surface area contributed by atoms with Crippen molar-refractivity contribution in [2.75, 3.05) is 32.7 Å². The van der Waals surface area contributed by atoms with Gasteiger partial charge in [0.1, 0.15) is 0 Å². The fraction of sp³-hybridized carbons (Fsp3) is 0.929. The molecule has 1 amide bonds. The molecule has 1 saturated heterocycles. The van der Waals surface area contributed by atoms with Crippen molar-refractivity contribution in [2.45, 2.75) is 40.2 Å². The van der Waals surface area contributed by atoms with Gasteiger partial charge in [-0.05, 0) is 18.3 Å². The number of piperazine rings is 1. The van der Waals surface area contributed by atoms with Crippen molar-refractivity contribution >= 4 is 5.91 Å². The van der Waals surface area contributed by atoms with Crippen molar-refractivity contribution in [1.82, 2.24) is 9.80 Å². The highest BCUT2D eigenvalue weighted by Gasteiger charge is 2.25. The monoisotopic (exact) mass is 255 g/mol. The SMILES string of the molecule is CC(C)CC(N)C(=O)N1CCN(CC(C)C)CC1. The summed E-state index contributed by atoms with van der Waals surface area (Å²) in [5.41, 5.74) is 5.96. The highest BCUT2D eigenvalue weighted by atomic mass is 16.2. The van der Waals surface area contributed by atoms with Crippen LogP contribution in [0.25, 0.3) is 0 Å². The van der Waals surface area contributed by atoms with Gasteiger partial charge in [0.2, 0.25) is 5.91 Å². The second-order valence-corrected chi connectivity index (χ2v) is 6.26. The van der Waals surface area contributed by atoms with Gasteiger partial charge in [-0.15, -0.1) is 0 Å². The minimum Gasteiger partial charge on any atom is -0.339 e. The largest absolute Gasteiger partial charge is 0.339 e. The second-order valence-electron chi connectivity index (χ2n) is 6.26. The molecular weight excluding hydrogens is 226 g/mol. The van der Waals surface area contributed by atoms with Crippen molar-refractivity contribution in [3.8, 4) is 0 Å². The average molecular weight is 255 g/mol. The maximum absolute atomic E-state index is 12.1. The topological polar surface area (TPSA) is 49.6 Å². The Morgan fingerprint density at radius 2 is 1.61 bits per heavy atom. The number of amides is 1. The first-order valence-electron chi connectivity index (χ1n) is 7.17. The van der Waals surface area contributed by atoms with E-state index in [9.17, 15) is 4.79 Å². The first-order valence-corrected chi connectivity index (χ1v) is 7.17. The molecule has 1 fully saturated rings. The van der Waals surface area contributed by atoms with Gasteiger partial charge in [0.25, 0.3) is 0 Å². The molecule has 1 heterocycles. The van der Waals surface area contributed by atoms with E-state index in [4.69, 9.17) is 5.73 Å². The predicted molar refractivity (Wildman–Crippen MR) is 75.3 cm³/mol. The van der Waals surface area contributed by atoms with Crippen molar-refractivity contribution < 1.29 is 4.79 Å². The summed E-state index contributed by atoms with van der Waals surface area (Å²) >= 11 is 0. The zero-order valence-electron chi connectivity index (χ0n) is 12.4. The Balaban J connectivity index is 2.35. The van der Waals surface area contributed by atoms with E-state index in [1.807, 2.05) is 4.90 Å². The lowest BCUT2D eigenvalue weighted by Gasteiger charge is -2.36. The Hall–Kier alpha value is -0.610. The fourth-order valence-corrected chi connectivity index (χ4v) is 2.51. The summed E-state index contributed by atoms with van der Waals surface area (Å²) in [5.74, 6) is 1.30. The van der Waals surface area contributed by atoms with E-state index in [-0.39, 0.29) is 11.9 Å². The summed E-state index contributed by atoms with van der Waals surface area (Å²) in [6.07, 6.45) is 0.783. The molecular formula is C14H29N3O. The van der Waals surface area contributed by atoms with Crippen molar-refractivity contribution in [3.05, 3.63) is 0 Å². The van der Waals surface area contributed by atoms with Crippen LogP contribution >= 0.6 is 0 Å². The highest BCUT2D eigenvalue weighted by molar-refractivity contribution is 5.81. The zero-order valence-corrected chi connectivity index (χ0v) is 12.4. The molecule has 1 rings (SSSR count). The predicted octanol–water partition coefficient (Wildman–Crippen LogP) is 1.16. The molecule has 1 unspecified atom stereocenters. The van der Waals surface area contributed by atoms with Gasteiger partial charge in [0.05, 0.1) is 6.04 Å². The number of nitrogens with zero attached hydrogens (tertiary/aromatic N) is 2. The summed E-state index contributed by atoms with van der Waals surface area (Å²) in [4.78, 5) is 16.5. The number of hydrogen-bond acceptors (Lipinski definition) is 3. The summed E-state index contributed by atoms with van der Waals surface area (Å²) in [5, 5.41) is 0. The molecule has 2 N–H and O–H groups in total. The van der Waals surface area contributed by atoms with E-state index < -0.39 is 0 Å². The van der Waals surface area contributed by atoms with Crippen LogP contribution in [0.4, 0.5) is 0 Å². The number of carbonyl (C=O) groups is 1. The molecule has 18 heavy (non-hydrogen) atoms. The van der Waals surface area contributed by atoms with Crippen LogP contribution in [-0.2, 0) is 4.79 Å². The second kappa shape index (κ2) is 7.10. The van der Waals surface area contributed by atoms with Crippen LogP contribution in [0.1, 0.15) is 34.1 Å². The average Bonchev–Trinajstić information content (AvgIpc) is 2.27. The molecule has 0 aromatic heterocycles. The van der Waals surface area contributed by atoms with Gasteiger partial charge in [-0.25, -0.2) is 0 Å². The normalized spacial score (nSPS) is 19.6. The third-order valence-electron chi connectivity index (χ3n) is 3.35. The van der Waals surface area contributed by atoms with Crippen LogP contribution < -0.4 is 5.73 Å². The molecule has 1 aliphatic heterocycles. The molecule has 0 saturated carbocycles. The fourth-order valence-electron chi connectivity index (χ4n) is 2.51. The maximum Gasteiger partial charge on any atom is 0.239 e. The standard InChI is InChI=1S/C14H29N3O/c1-11(2)9-13(15)14(18)17-7-5-16(6-8-17)10-12(3)4/h11-13H,5-10,15H2,1-4H3. The molecule has 0 aliphatic carbocycles. The van der Waals surface area contributed by atoms with Gasteiger partial charge in [-0.3, -0.25) is 9.69 Å². The molecule has 0 aromatic carbocycles. The molecule has 4 nitrogen and oxygen atoms in total. The lowest BCUT2D eigenvalue weighted by Crippen LogP contribution is -2.53. The zero-order chi connectivity index (χ0) is 13.7. The van der Waals surface area contributed by atoms with Gasteiger partial charge < -0.3 is 10.6 Å². The van der Waals surface area contributed by atoms with Gasteiger partial charge in [0.15, 0.2) is 0 Å².